The first kappa shape index (κ1) is 14.5. The van der Waals surface area contributed by atoms with E-state index in [4.69, 9.17) is 16.1 Å². The lowest BCUT2D eigenvalue weighted by atomic mass is 10.1. The van der Waals surface area contributed by atoms with Crippen LogP contribution >= 0.6 is 11.6 Å². The third-order valence-corrected chi connectivity index (χ3v) is 3.29. The highest BCUT2D eigenvalue weighted by atomic mass is 35.5. The summed E-state index contributed by atoms with van der Waals surface area (Å²) in [5, 5.41) is 6.48. The molecule has 0 unspecified atom stereocenters. The average Bonchev–Trinajstić information content (AvgIpc) is 2.71. The first-order valence-electron chi connectivity index (χ1n) is 6.14. The Morgan fingerprint density at radius 3 is 2.80 bits per heavy atom. The third kappa shape index (κ3) is 3.36. The van der Waals surface area contributed by atoms with Crippen LogP contribution in [0, 0.1) is 19.7 Å². The maximum Gasteiger partial charge on any atom is 0.224 e. The fraction of sp³-hybridized carbons (Fsp3) is 0.286. The molecule has 0 bridgehead atoms. The normalized spacial score (nSPS) is 10.6. The van der Waals surface area contributed by atoms with Crippen LogP contribution in [-0.2, 0) is 11.2 Å². The van der Waals surface area contributed by atoms with Crippen molar-refractivity contribution in [1.82, 2.24) is 5.16 Å². The Hall–Kier alpha value is -1.88. The van der Waals surface area contributed by atoms with Crippen LogP contribution in [0.15, 0.2) is 22.7 Å². The molecular weight excluding hydrogens is 283 g/mol. The van der Waals surface area contributed by atoms with E-state index in [1.807, 2.05) is 13.8 Å². The number of nitrogens with one attached hydrogen (secondary N) is 1. The number of rotatable bonds is 4. The maximum atomic E-state index is 13.2. The first-order chi connectivity index (χ1) is 9.47. The Morgan fingerprint density at radius 2 is 2.20 bits per heavy atom. The van der Waals surface area contributed by atoms with Crippen molar-refractivity contribution < 1.29 is 13.7 Å². The van der Waals surface area contributed by atoms with E-state index >= 15 is 0 Å². The third-order valence-electron chi connectivity index (χ3n) is 2.99. The van der Waals surface area contributed by atoms with Crippen molar-refractivity contribution in [3.05, 3.63) is 46.1 Å². The summed E-state index contributed by atoms with van der Waals surface area (Å²) in [5.74, 6) is -0.0465. The van der Waals surface area contributed by atoms with Crippen LogP contribution in [0.1, 0.15) is 23.4 Å². The summed E-state index contributed by atoms with van der Waals surface area (Å²) in [4.78, 5) is 11.8. The van der Waals surface area contributed by atoms with Gasteiger partial charge in [0.2, 0.25) is 5.91 Å². The van der Waals surface area contributed by atoms with Gasteiger partial charge in [-0.15, -0.1) is 0 Å². The molecule has 0 spiro atoms. The lowest BCUT2D eigenvalue weighted by Crippen LogP contribution is -2.12. The van der Waals surface area contributed by atoms with Crippen LogP contribution < -0.4 is 5.32 Å². The first-order valence-corrected chi connectivity index (χ1v) is 6.52. The van der Waals surface area contributed by atoms with Gasteiger partial charge in [0.05, 0.1) is 10.7 Å². The highest BCUT2D eigenvalue weighted by molar-refractivity contribution is 6.30. The van der Waals surface area contributed by atoms with Crippen molar-refractivity contribution in [2.45, 2.75) is 26.7 Å². The summed E-state index contributed by atoms with van der Waals surface area (Å²) < 4.78 is 18.3. The number of carbonyl (C=O) groups excluding carboxylic acids is 1. The van der Waals surface area contributed by atoms with Gasteiger partial charge in [-0.05, 0) is 38.5 Å². The number of amides is 1. The summed E-state index contributed by atoms with van der Waals surface area (Å²) in [5.41, 5.74) is 2.10. The zero-order chi connectivity index (χ0) is 14.7. The second-order valence-corrected chi connectivity index (χ2v) is 4.89. The quantitative estimate of drug-likeness (QED) is 0.937. The van der Waals surface area contributed by atoms with Gasteiger partial charge >= 0.3 is 0 Å². The predicted octanol–water partition coefficient (Wildman–Crippen LogP) is 3.66. The average molecular weight is 297 g/mol. The lowest BCUT2D eigenvalue weighted by molar-refractivity contribution is -0.116. The number of hydrogen-bond donors (Lipinski definition) is 1. The van der Waals surface area contributed by atoms with Gasteiger partial charge in [0.25, 0.3) is 0 Å². The van der Waals surface area contributed by atoms with E-state index in [0.717, 1.165) is 11.3 Å². The monoisotopic (exact) mass is 296 g/mol. The molecule has 0 radical (unpaired) electrons. The molecule has 0 saturated carbocycles. The molecule has 0 aliphatic carbocycles. The fourth-order valence-electron chi connectivity index (χ4n) is 1.89. The number of carbonyl (C=O) groups is 1. The Bertz CT molecular complexity index is 621. The zero-order valence-corrected chi connectivity index (χ0v) is 11.9. The lowest BCUT2D eigenvalue weighted by Gasteiger charge is -2.06. The molecule has 106 valence electrons. The number of aryl methyl sites for hydroxylation is 2. The molecule has 0 fully saturated rings. The smallest absolute Gasteiger partial charge is 0.224 e. The van der Waals surface area contributed by atoms with Crippen molar-refractivity contribution >= 4 is 23.2 Å². The Labute approximate surface area is 120 Å². The summed E-state index contributed by atoms with van der Waals surface area (Å²) in [6.45, 7) is 3.64. The minimum absolute atomic E-state index is 0.0266. The van der Waals surface area contributed by atoms with E-state index < -0.39 is 5.82 Å². The molecule has 20 heavy (non-hydrogen) atoms. The summed E-state index contributed by atoms with van der Waals surface area (Å²) in [6.07, 6.45) is 0.802. The Balaban J connectivity index is 1.94. The maximum absolute atomic E-state index is 13.2. The minimum Gasteiger partial charge on any atom is -0.361 e. The second kappa shape index (κ2) is 6.05. The number of hydrogen-bond acceptors (Lipinski definition) is 3. The van der Waals surface area contributed by atoms with Gasteiger partial charge in [0.15, 0.2) is 0 Å². The molecule has 4 nitrogen and oxygen atoms in total. The van der Waals surface area contributed by atoms with Crippen LogP contribution in [0.25, 0.3) is 0 Å². The molecule has 1 aromatic heterocycles. The molecule has 1 heterocycles. The van der Waals surface area contributed by atoms with E-state index in [1.165, 1.54) is 12.1 Å². The molecular formula is C14H14ClFN2O2. The van der Waals surface area contributed by atoms with Gasteiger partial charge in [0.1, 0.15) is 11.6 Å². The SMILES string of the molecule is Cc1noc(C)c1CCC(=O)Nc1ccc(Cl)c(F)c1. The standard InChI is InChI=1S/C14H14ClFN2O2/c1-8-11(9(2)20-18-8)4-6-14(19)17-10-3-5-12(15)13(16)7-10/h3,5,7H,4,6H2,1-2H3,(H,17,19). The van der Waals surface area contributed by atoms with Gasteiger partial charge in [-0.25, -0.2) is 4.39 Å². The molecule has 2 rings (SSSR count). The molecule has 1 N–H and O–H groups in total. The van der Waals surface area contributed by atoms with Gasteiger partial charge in [0, 0.05) is 17.7 Å². The number of nitrogens with zero attached hydrogens (tertiary/aromatic N) is 1. The van der Waals surface area contributed by atoms with Crippen LogP contribution in [-0.4, -0.2) is 11.1 Å². The van der Waals surface area contributed by atoms with Gasteiger partial charge in [-0.1, -0.05) is 16.8 Å². The van der Waals surface area contributed by atoms with Crippen molar-refractivity contribution in [3.8, 4) is 0 Å². The zero-order valence-electron chi connectivity index (χ0n) is 11.2. The molecule has 0 saturated heterocycles. The summed E-state index contributed by atoms with van der Waals surface area (Å²) in [6, 6.07) is 4.15. The van der Waals surface area contributed by atoms with Crippen molar-refractivity contribution in [3.63, 3.8) is 0 Å². The Kier molecular flexibility index (Phi) is 4.39. The van der Waals surface area contributed by atoms with Gasteiger partial charge in [-0.3, -0.25) is 4.79 Å². The van der Waals surface area contributed by atoms with Crippen LogP contribution in [0.2, 0.25) is 5.02 Å². The number of aromatic nitrogens is 1. The molecule has 1 amide bonds. The molecule has 1 aromatic carbocycles. The highest BCUT2D eigenvalue weighted by Gasteiger charge is 2.11. The largest absolute Gasteiger partial charge is 0.361 e. The second-order valence-electron chi connectivity index (χ2n) is 4.48. The summed E-state index contributed by atoms with van der Waals surface area (Å²) in [7, 11) is 0. The number of halogens is 2. The molecule has 0 atom stereocenters. The van der Waals surface area contributed by atoms with Crippen LogP contribution in [0.5, 0.6) is 0 Å². The molecule has 6 heteroatoms. The van der Waals surface area contributed by atoms with Crippen LogP contribution in [0.4, 0.5) is 10.1 Å². The van der Waals surface area contributed by atoms with Crippen molar-refractivity contribution in [1.29, 1.82) is 0 Å². The fourth-order valence-corrected chi connectivity index (χ4v) is 2.01. The van der Waals surface area contributed by atoms with Crippen molar-refractivity contribution in [2.24, 2.45) is 0 Å². The molecule has 0 aliphatic heterocycles. The minimum atomic E-state index is -0.560. The number of benzene rings is 1. The Morgan fingerprint density at radius 1 is 1.45 bits per heavy atom. The topological polar surface area (TPSA) is 55.1 Å². The van der Waals surface area contributed by atoms with E-state index in [2.05, 4.69) is 10.5 Å². The van der Waals surface area contributed by atoms with E-state index in [0.29, 0.717) is 17.9 Å². The van der Waals surface area contributed by atoms with E-state index in [9.17, 15) is 9.18 Å². The van der Waals surface area contributed by atoms with E-state index in [1.54, 1.807) is 6.07 Å². The molecule has 0 aliphatic rings. The number of anilines is 1. The van der Waals surface area contributed by atoms with E-state index in [-0.39, 0.29) is 17.4 Å². The molecule has 2 aromatic rings. The van der Waals surface area contributed by atoms with Crippen LogP contribution in [0.3, 0.4) is 0 Å². The highest BCUT2D eigenvalue weighted by Crippen LogP contribution is 2.19. The van der Waals surface area contributed by atoms with Gasteiger partial charge < -0.3 is 9.84 Å². The summed E-state index contributed by atoms with van der Waals surface area (Å²) >= 11 is 5.58. The van der Waals surface area contributed by atoms with Crippen molar-refractivity contribution in [2.75, 3.05) is 5.32 Å². The van der Waals surface area contributed by atoms with Gasteiger partial charge in [-0.2, -0.15) is 0 Å². The predicted molar refractivity (Wildman–Crippen MR) is 74.3 cm³/mol.